The van der Waals surface area contributed by atoms with Gasteiger partial charge in [-0.2, -0.15) is 0 Å². The molecule has 1 unspecified atom stereocenters. The fourth-order valence-electron chi connectivity index (χ4n) is 4.32. The molecule has 6 rings (SSSR count). The zero-order chi connectivity index (χ0) is 20.7. The maximum Gasteiger partial charge on any atom is 0.341 e. The molecule has 0 saturated heterocycles. The molecule has 1 saturated carbocycles. The van der Waals surface area contributed by atoms with Crippen LogP contribution in [0.3, 0.4) is 0 Å². The van der Waals surface area contributed by atoms with Gasteiger partial charge in [-0.25, -0.2) is 24.1 Å². The van der Waals surface area contributed by atoms with Crippen molar-refractivity contribution in [3.05, 3.63) is 68.6 Å². The molecule has 2 aliphatic carbocycles. The second kappa shape index (κ2) is 5.69. The summed E-state index contributed by atoms with van der Waals surface area (Å²) in [6, 6.07) is 1.13. The van der Waals surface area contributed by atoms with Crippen LogP contribution in [0.1, 0.15) is 36.2 Å². The van der Waals surface area contributed by atoms with Crippen molar-refractivity contribution in [2.45, 2.75) is 25.8 Å². The fourth-order valence-corrected chi connectivity index (χ4v) is 4.32. The maximum atomic E-state index is 15.0. The molecule has 1 aliphatic heterocycles. The van der Waals surface area contributed by atoms with Gasteiger partial charge >= 0.3 is 5.97 Å². The molecule has 2 aromatic heterocycles. The Morgan fingerprint density at radius 3 is 2.80 bits per heavy atom. The maximum absolute atomic E-state index is 15.0. The van der Waals surface area contributed by atoms with Gasteiger partial charge in [-0.1, -0.05) is 19.1 Å². The van der Waals surface area contributed by atoms with Gasteiger partial charge in [-0.05, 0) is 25.0 Å². The zero-order valence-corrected chi connectivity index (χ0v) is 15.9. The summed E-state index contributed by atoms with van der Waals surface area (Å²) in [5, 5.41) is 10.0. The molecule has 7 nitrogen and oxygen atoms in total. The zero-order valence-electron chi connectivity index (χ0n) is 15.9. The lowest BCUT2D eigenvalue weighted by Crippen LogP contribution is -2.32. The molecule has 1 fully saturated rings. The van der Waals surface area contributed by atoms with Crippen molar-refractivity contribution in [1.82, 2.24) is 14.5 Å². The van der Waals surface area contributed by atoms with E-state index < -0.39 is 17.2 Å². The van der Waals surface area contributed by atoms with Crippen molar-refractivity contribution >= 4 is 33.5 Å². The van der Waals surface area contributed by atoms with Gasteiger partial charge in [0.05, 0.1) is 16.6 Å². The third-order valence-electron chi connectivity index (χ3n) is 5.91. The van der Waals surface area contributed by atoms with Gasteiger partial charge in [-0.15, -0.1) is 0 Å². The minimum Gasteiger partial charge on any atom is -0.477 e. The molecule has 0 radical (unpaired) electrons. The lowest BCUT2D eigenvalue weighted by atomic mass is 9.94. The smallest absolute Gasteiger partial charge is 0.341 e. The van der Waals surface area contributed by atoms with Gasteiger partial charge in [0.25, 0.3) is 0 Å². The number of allylic oxidation sites excluding steroid dienone is 4. The molecule has 148 valence electrons. The summed E-state index contributed by atoms with van der Waals surface area (Å²) in [6.45, 7) is 2.03. The quantitative estimate of drug-likeness (QED) is 0.661. The number of hydrogen-bond acceptors (Lipinski definition) is 5. The van der Waals surface area contributed by atoms with E-state index in [2.05, 4.69) is 9.98 Å². The third-order valence-corrected chi connectivity index (χ3v) is 5.91. The number of aromatic nitrogens is 3. The Morgan fingerprint density at radius 1 is 1.27 bits per heavy atom. The number of nitrogens with zero attached hydrogens (tertiary/aromatic N) is 4. The van der Waals surface area contributed by atoms with Crippen molar-refractivity contribution in [2.75, 3.05) is 0 Å². The molecule has 1 N–H and O–H groups in total. The van der Waals surface area contributed by atoms with Gasteiger partial charge in [0.1, 0.15) is 21.9 Å². The number of fused-ring (bicyclic) bond motifs is 5. The summed E-state index contributed by atoms with van der Waals surface area (Å²) in [5.41, 5.74) is 1.66. The number of hydrogen-bond donors (Lipinski definition) is 1. The van der Waals surface area contributed by atoms with E-state index in [9.17, 15) is 14.7 Å². The first-order valence-electron chi connectivity index (χ1n) is 9.74. The first-order chi connectivity index (χ1) is 14.4. The Balaban J connectivity index is 1.84. The van der Waals surface area contributed by atoms with Gasteiger partial charge in [0.2, 0.25) is 5.43 Å². The van der Waals surface area contributed by atoms with Crippen LogP contribution in [0.25, 0.3) is 27.5 Å². The SMILES string of the molecule is CC1C=CC=C2N=c3nc4c(F)cc5c(=O)c(C(=O)O)cn(C6CC6)c5c4nc3=C21. The standard InChI is InChI=1S/C22H15FN4O3/c1-9-3-2-4-14-15(9)17-21(24-14)26-16-13(23)7-11-19(18(16)25-17)27(10-5-6-10)8-12(20(11)28)22(29)30/h2-4,7-10H,5-6H2,1H3,(H,29,30). The van der Waals surface area contributed by atoms with Gasteiger partial charge in [0.15, 0.2) is 11.3 Å². The largest absolute Gasteiger partial charge is 0.477 e. The number of rotatable bonds is 2. The highest BCUT2D eigenvalue weighted by atomic mass is 19.1. The Bertz CT molecular complexity index is 1580. The van der Waals surface area contributed by atoms with Crippen molar-refractivity contribution in [3.63, 3.8) is 0 Å². The number of aromatic carboxylic acids is 1. The van der Waals surface area contributed by atoms with Crippen molar-refractivity contribution < 1.29 is 14.3 Å². The first-order valence-corrected chi connectivity index (χ1v) is 9.74. The molecule has 8 heteroatoms. The fraction of sp³-hybridized carbons (Fsp3) is 0.227. The second-order valence-corrected chi connectivity index (χ2v) is 7.91. The summed E-state index contributed by atoms with van der Waals surface area (Å²) in [5.74, 6) is -1.97. The molecular formula is C22H15FN4O3. The van der Waals surface area contributed by atoms with Crippen LogP contribution < -0.4 is 16.3 Å². The van der Waals surface area contributed by atoms with Crippen LogP contribution >= 0.6 is 0 Å². The minimum absolute atomic E-state index is 0.00772. The van der Waals surface area contributed by atoms with Crippen LogP contribution in [-0.2, 0) is 0 Å². The Labute approximate surface area is 168 Å². The number of halogens is 1. The highest BCUT2D eigenvalue weighted by molar-refractivity contribution is 6.04. The van der Waals surface area contributed by atoms with E-state index in [0.29, 0.717) is 16.4 Å². The molecule has 1 aromatic carbocycles. The van der Waals surface area contributed by atoms with E-state index in [0.717, 1.165) is 30.2 Å². The van der Waals surface area contributed by atoms with E-state index in [1.54, 1.807) is 4.57 Å². The molecule has 30 heavy (non-hydrogen) atoms. The number of carboxylic acid groups (broad SMARTS) is 1. The number of carboxylic acids is 1. The summed E-state index contributed by atoms with van der Waals surface area (Å²) in [6.07, 6.45) is 8.89. The van der Waals surface area contributed by atoms with Crippen LogP contribution in [0.5, 0.6) is 0 Å². The van der Waals surface area contributed by atoms with Crippen molar-refractivity contribution in [3.8, 4) is 0 Å². The van der Waals surface area contributed by atoms with Gasteiger partial charge in [0, 0.05) is 23.7 Å². The molecule has 3 heterocycles. The summed E-state index contributed by atoms with van der Waals surface area (Å²) in [4.78, 5) is 38.1. The number of pyridine rings is 1. The van der Waals surface area contributed by atoms with Crippen molar-refractivity contribution in [1.29, 1.82) is 0 Å². The Kier molecular flexibility index (Phi) is 3.26. The predicted molar refractivity (Wildman–Crippen MR) is 107 cm³/mol. The van der Waals surface area contributed by atoms with E-state index in [4.69, 9.17) is 4.98 Å². The molecule has 0 spiro atoms. The topological polar surface area (TPSA) is 97.4 Å². The van der Waals surface area contributed by atoms with Crippen LogP contribution in [-0.4, -0.2) is 25.6 Å². The second-order valence-electron chi connectivity index (χ2n) is 7.91. The van der Waals surface area contributed by atoms with E-state index >= 15 is 4.39 Å². The molecule has 0 bridgehead atoms. The summed E-state index contributed by atoms with van der Waals surface area (Å²) >= 11 is 0. The van der Waals surface area contributed by atoms with Crippen LogP contribution in [0.15, 0.2) is 46.0 Å². The van der Waals surface area contributed by atoms with Gasteiger partial charge < -0.3 is 9.67 Å². The number of benzene rings is 1. The summed E-state index contributed by atoms with van der Waals surface area (Å²) in [7, 11) is 0. The lowest BCUT2D eigenvalue weighted by molar-refractivity contribution is 0.0695. The van der Waals surface area contributed by atoms with E-state index in [1.807, 2.05) is 25.2 Å². The van der Waals surface area contributed by atoms with Gasteiger partial charge in [-0.3, -0.25) is 4.79 Å². The van der Waals surface area contributed by atoms with E-state index in [-0.39, 0.29) is 33.9 Å². The highest BCUT2D eigenvalue weighted by Crippen LogP contribution is 2.38. The highest BCUT2D eigenvalue weighted by Gasteiger charge is 2.30. The lowest BCUT2D eigenvalue weighted by Gasteiger charge is -2.14. The van der Waals surface area contributed by atoms with Crippen LogP contribution in [0.2, 0.25) is 0 Å². The Hall–Kier alpha value is -3.68. The predicted octanol–water partition coefficient (Wildman–Crippen LogP) is 1.99. The molecule has 1 atom stereocenters. The molecule has 0 amide bonds. The Morgan fingerprint density at radius 2 is 2.07 bits per heavy atom. The third kappa shape index (κ3) is 2.21. The van der Waals surface area contributed by atoms with Crippen molar-refractivity contribution in [2.24, 2.45) is 10.9 Å². The molecule has 3 aliphatic rings. The van der Waals surface area contributed by atoms with Crippen LogP contribution in [0, 0.1) is 11.7 Å². The average molecular weight is 402 g/mol. The molecular weight excluding hydrogens is 387 g/mol. The van der Waals surface area contributed by atoms with E-state index in [1.165, 1.54) is 6.20 Å². The first kappa shape index (κ1) is 17.2. The van der Waals surface area contributed by atoms with Crippen LogP contribution in [0.4, 0.5) is 4.39 Å². The normalized spacial score (nSPS) is 19.6. The minimum atomic E-state index is -1.33. The summed E-state index contributed by atoms with van der Waals surface area (Å²) < 4.78 is 16.8. The average Bonchev–Trinajstić information content (AvgIpc) is 3.48. The number of carbonyl (C=O) groups is 1. The monoisotopic (exact) mass is 402 g/mol. The molecule has 3 aromatic rings.